The van der Waals surface area contributed by atoms with Crippen molar-refractivity contribution in [1.82, 2.24) is 14.9 Å². The molecule has 2 aromatic heterocycles. The molecule has 1 N–H and O–H groups in total. The molecule has 1 saturated heterocycles. The molecule has 2 aromatic carbocycles. The predicted molar refractivity (Wildman–Crippen MR) is 180 cm³/mol. The maximum Gasteiger partial charge on any atom is 0.249 e. The fourth-order valence-electron chi connectivity index (χ4n) is 5.71. The number of rotatable bonds is 16. The highest BCUT2D eigenvalue weighted by atomic mass is 16.6. The molecular weight excluding hydrogens is 564 g/mol. The molecule has 4 atom stereocenters. The molecule has 1 fully saturated rings. The minimum Gasteiger partial charge on any atom is -0.368 e. The van der Waals surface area contributed by atoms with Gasteiger partial charge in [0.15, 0.2) is 5.82 Å². The van der Waals surface area contributed by atoms with E-state index in [1.165, 1.54) is 6.07 Å². The molecule has 5 rings (SSSR count). The van der Waals surface area contributed by atoms with Gasteiger partial charge < -0.3 is 24.1 Å². The number of benzene rings is 2. The number of H-pyrrole nitrogens is 1. The molecule has 1 unspecified atom stereocenters. The van der Waals surface area contributed by atoms with E-state index in [1.54, 1.807) is 6.07 Å². The minimum atomic E-state index is -0.477. The van der Waals surface area contributed by atoms with Crippen molar-refractivity contribution >= 4 is 23.2 Å². The third-order valence-electron chi connectivity index (χ3n) is 8.25. The van der Waals surface area contributed by atoms with Gasteiger partial charge in [-0.15, -0.1) is 0 Å². The van der Waals surface area contributed by atoms with E-state index in [2.05, 4.69) is 54.9 Å². The molecule has 1 aliphatic heterocycles. The number of hydrogen-bond acceptors (Lipinski definition) is 6. The van der Waals surface area contributed by atoms with Gasteiger partial charge in [0.05, 0.1) is 25.7 Å². The number of aromatic amines is 1. The summed E-state index contributed by atoms with van der Waals surface area (Å²) in [5.74, 6) is 0.513. The smallest absolute Gasteiger partial charge is 0.249 e. The monoisotopic (exact) mass is 610 g/mol. The number of unbranched alkanes of at least 4 members (excludes halogenated alkanes) is 2. The Labute approximate surface area is 266 Å². The van der Waals surface area contributed by atoms with E-state index in [9.17, 15) is 4.79 Å². The van der Waals surface area contributed by atoms with Crippen LogP contribution >= 0.6 is 0 Å². The largest absolute Gasteiger partial charge is 0.368 e. The average molecular weight is 611 g/mol. The Morgan fingerprint density at radius 3 is 2.09 bits per heavy atom. The second kappa shape index (κ2) is 16.5. The van der Waals surface area contributed by atoms with E-state index in [0.29, 0.717) is 24.7 Å². The lowest BCUT2D eigenvalue weighted by Gasteiger charge is -2.26. The van der Waals surface area contributed by atoms with Crippen LogP contribution in [0.1, 0.15) is 75.7 Å². The molecule has 8 nitrogen and oxygen atoms in total. The second-order valence-electron chi connectivity index (χ2n) is 11.7. The highest BCUT2D eigenvalue weighted by Crippen LogP contribution is 2.42. The molecular formula is C37H46N4O4. The molecule has 0 radical (unpaired) electrons. The van der Waals surface area contributed by atoms with Gasteiger partial charge in [0.2, 0.25) is 5.56 Å². The normalized spacial score (nSPS) is 19.9. The summed E-state index contributed by atoms with van der Waals surface area (Å²) >= 11 is 0. The van der Waals surface area contributed by atoms with Crippen molar-refractivity contribution in [2.24, 2.45) is 4.99 Å². The number of ether oxygens (including phenoxy) is 3. The van der Waals surface area contributed by atoms with Crippen LogP contribution in [0.3, 0.4) is 0 Å². The number of aromatic nitrogens is 2. The van der Waals surface area contributed by atoms with Crippen LogP contribution < -0.4 is 5.56 Å². The van der Waals surface area contributed by atoms with E-state index in [1.807, 2.05) is 48.8 Å². The summed E-state index contributed by atoms with van der Waals surface area (Å²) in [4.78, 5) is 27.2. The first kappa shape index (κ1) is 32.5. The maximum absolute atomic E-state index is 12.2. The van der Waals surface area contributed by atoms with Gasteiger partial charge in [-0.05, 0) is 42.5 Å². The van der Waals surface area contributed by atoms with E-state index in [-0.39, 0.29) is 17.8 Å². The van der Waals surface area contributed by atoms with Crippen LogP contribution in [0.25, 0.3) is 11.0 Å². The Kier molecular flexibility index (Phi) is 11.9. The van der Waals surface area contributed by atoms with Crippen molar-refractivity contribution in [2.75, 3.05) is 13.1 Å². The predicted octanol–water partition coefficient (Wildman–Crippen LogP) is 7.51. The van der Waals surface area contributed by atoms with Gasteiger partial charge in [0.1, 0.15) is 24.0 Å². The van der Waals surface area contributed by atoms with Crippen LogP contribution in [-0.2, 0) is 27.4 Å². The summed E-state index contributed by atoms with van der Waals surface area (Å²) in [5, 5.41) is 0.810. The number of pyridine rings is 2. The van der Waals surface area contributed by atoms with Crippen molar-refractivity contribution < 1.29 is 14.2 Å². The topological polar surface area (TPSA) is 89.0 Å². The van der Waals surface area contributed by atoms with Gasteiger partial charge in [0, 0.05) is 30.1 Å². The van der Waals surface area contributed by atoms with Crippen molar-refractivity contribution in [3.63, 3.8) is 0 Å². The van der Waals surface area contributed by atoms with Crippen molar-refractivity contribution in [3.8, 4) is 0 Å². The molecule has 0 saturated carbocycles. The maximum atomic E-state index is 12.2. The molecule has 238 valence electrons. The standard InChI is InChI=1S/C37H46N4O4/c1-4-7-21-41(22-8-5-2)26-38-37-30(23-29-19-20-32(42)39-36(29)40-37)33-35(44-25-28-17-13-10-14-18-28)34(31(6-3)45-33)43-24-27-15-11-9-12-16-27/h9-20,23,26,31,33-35H,4-8,21-22,24-25H2,1-3H3,(H,39,40,42)/t31-,33+,34?,35-/m1/s1. The lowest BCUT2D eigenvalue weighted by Crippen LogP contribution is -2.35. The van der Waals surface area contributed by atoms with Crippen molar-refractivity contribution in [1.29, 1.82) is 0 Å². The zero-order valence-corrected chi connectivity index (χ0v) is 26.7. The highest BCUT2D eigenvalue weighted by molar-refractivity contribution is 5.78. The lowest BCUT2D eigenvalue weighted by molar-refractivity contribution is -0.0793. The third-order valence-corrected chi connectivity index (χ3v) is 8.25. The number of nitrogens with one attached hydrogen (secondary N) is 1. The molecule has 45 heavy (non-hydrogen) atoms. The molecule has 8 heteroatoms. The minimum absolute atomic E-state index is 0.187. The summed E-state index contributed by atoms with van der Waals surface area (Å²) in [6, 6.07) is 25.7. The average Bonchev–Trinajstić information content (AvgIpc) is 3.43. The number of aliphatic imine (C=N–C) groups is 1. The zero-order valence-electron chi connectivity index (χ0n) is 26.7. The lowest BCUT2D eigenvalue weighted by atomic mass is 9.99. The molecule has 1 aliphatic rings. The van der Waals surface area contributed by atoms with E-state index < -0.39 is 12.2 Å². The summed E-state index contributed by atoms with van der Waals surface area (Å²) < 4.78 is 20.1. The Bertz CT molecular complexity index is 1550. The summed E-state index contributed by atoms with van der Waals surface area (Å²) in [6.07, 6.45) is 5.66. The Morgan fingerprint density at radius 2 is 1.49 bits per heavy atom. The SMILES string of the molecule is CCCCN(C=Nc1nc2[nH]c(=O)ccc2cc1[C@@H]1O[C@H](CC)C(OCc2ccccc2)[C@@H]1OCc1ccccc1)CCCC. The summed E-state index contributed by atoms with van der Waals surface area (Å²) in [7, 11) is 0. The number of fused-ring (bicyclic) bond motifs is 1. The highest BCUT2D eigenvalue weighted by Gasteiger charge is 2.47. The zero-order chi connectivity index (χ0) is 31.4. The van der Waals surface area contributed by atoms with Crippen molar-refractivity contribution in [3.05, 3.63) is 106 Å². The fraction of sp³-hybridized carbons (Fsp3) is 0.432. The van der Waals surface area contributed by atoms with Gasteiger partial charge in [-0.3, -0.25) is 4.79 Å². The Balaban J connectivity index is 1.53. The van der Waals surface area contributed by atoms with Gasteiger partial charge in [0.25, 0.3) is 0 Å². The molecule has 0 aliphatic carbocycles. The van der Waals surface area contributed by atoms with Gasteiger partial charge in [-0.25, -0.2) is 9.98 Å². The summed E-state index contributed by atoms with van der Waals surface area (Å²) in [5.41, 5.74) is 3.29. The van der Waals surface area contributed by atoms with Crippen LogP contribution in [-0.4, -0.2) is 52.6 Å². The van der Waals surface area contributed by atoms with E-state index in [0.717, 1.165) is 67.3 Å². The quantitative estimate of drug-likeness (QED) is 0.104. The Hall–Kier alpha value is -3.85. The summed E-state index contributed by atoms with van der Waals surface area (Å²) in [6.45, 7) is 9.23. The first-order valence-electron chi connectivity index (χ1n) is 16.4. The van der Waals surface area contributed by atoms with Crippen LogP contribution in [0.4, 0.5) is 5.82 Å². The third kappa shape index (κ3) is 8.66. The molecule has 4 aromatic rings. The number of nitrogens with zero attached hydrogens (tertiary/aromatic N) is 3. The first-order valence-corrected chi connectivity index (χ1v) is 16.4. The van der Waals surface area contributed by atoms with Crippen LogP contribution in [0.2, 0.25) is 0 Å². The van der Waals surface area contributed by atoms with Crippen LogP contribution in [0, 0.1) is 0 Å². The second-order valence-corrected chi connectivity index (χ2v) is 11.7. The van der Waals surface area contributed by atoms with E-state index in [4.69, 9.17) is 24.2 Å². The van der Waals surface area contributed by atoms with Crippen molar-refractivity contribution in [2.45, 2.75) is 90.5 Å². The number of hydrogen-bond donors (Lipinski definition) is 1. The van der Waals surface area contributed by atoms with Crippen LogP contribution in [0.5, 0.6) is 0 Å². The molecule has 0 spiro atoms. The molecule has 0 amide bonds. The van der Waals surface area contributed by atoms with E-state index >= 15 is 0 Å². The Morgan fingerprint density at radius 1 is 0.867 bits per heavy atom. The van der Waals surface area contributed by atoms with Gasteiger partial charge >= 0.3 is 0 Å². The fourth-order valence-corrected chi connectivity index (χ4v) is 5.71. The first-order chi connectivity index (χ1) is 22.1. The molecule has 3 heterocycles. The molecule has 0 bridgehead atoms. The van der Waals surface area contributed by atoms with Gasteiger partial charge in [-0.1, -0.05) is 94.3 Å². The van der Waals surface area contributed by atoms with Gasteiger partial charge in [-0.2, -0.15) is 0 Å². The van der Waals surface area contributed by atoms with Crippen LogP contribution in [0.15, 0.2) is 88.6 Å².